The summed E-state index contributed by atoms with van der Waals surface area (Å²) in [5, 5.41) is 9.13. The summed E-state index contributed by atoms with van der Waals surface area (Å²) in [4.78, 5) is 23.8. The topological polar surface area (TPSA) is 57.6 Å². The van der Waals surface area contributed by atoms with Gasteiger partial charge in [-0.2, -0.15) is 11.8 Å². The molecule has 0 aliphatic carbocycles. The molecule has 0 aromatic carbocycles. The van der Waals surface area contributed by atoms with Gasteiger partial charge in [0.15, 0.2) is 0 Å². The van der Waals surface area contributed by atoms with Crippen LogP contribution in [0.25, 0.3) is 0 Å². The Bertz CT molecular complexity index is 281. The normalized spacial score (nSPS) is 35.4. The van der Waals surface area contributed by atoms with Gasteiger partial charge in [0.1, 0.15) is 6.04 Å². The van der Waals surface area contributed by atoms with Crippen molar-refractivity contribution < 1.29 is 14.7 Å². The number of thioether (sulfide) groups is 1. The number of carbonyl (C=O) groups is 2. The van der Waals surface area contributed by atoms with Crippen molar-refractivity contribution in [2.24, 2.45) is 0 Å². The summed E-state index contributed by atoms with van der Waals surface area (Å²) in [5.41, 5.74) is 0. The maximum atomic E-state index is 11.2. The van der Waals surface area contributed by atoms with Gasteiger partial charge in [-0.3, -0.25) is 4.79 Å². The van der Waals surface area contributed by atoms with E-state index in [-0.39, 0.29) is 17.2 Å². The molecule has 0 aromatic heterocycles. The molecular formula is C9H13NO3S. The van der Waals surface area contributed by atoms with Crippen LogP contribution in [0.3, 0.4) is 0 Å². The van der Waals surface area contributed by atoms with Gasteiger partial charge in [-0.15, -0.1) is 0 Å². The fraction of sp³-hybridized carbons (Fsp3) is 0.778. The van der Waals surface area contributed by atoms with E-state index >= 15 is 0 Å². The second kappa shape index (κ2) is 3.46. The Morgan fingerprint density at radius 1 is 1.71 bits per heavy atom. The molecule has 2 aliphatic rings. The minimum absolute atomic E-state index is 0.00148. The summed E-state index contributed by atoms with van der Waals surface area (Å²) in [6.07, 6.45) is 1.39. The van der Waals surface area contributed by atoms with E-state index in [0.717, 1.165) is 12.2 Å². The maximum absolute atomic E-state index is 11.2. The smallest absolute Gasteiger partial charge is 0.327 e. The number of β-lactam (4-membered cyclic amide) rings is 1. The van der Waals surface area contributed by atoms with Crippen molar-refractivity contribution in [3.8, 4) is 0 Å². The molecule has 1 N–H and O–H groups in total. The number of aliphatic carboxylic acids is 1. The zero-order chi connectivity index (χ0) is 10.3. The van der Waals surface area contributed by atoms with Gasteiger partial charge in [0, 0.05) is 17.7 Å². The van der Waals surface area contributed by atoms with E-state index in [2.05, 4.69) is 0 Å². The van der Waals surface area contributed by atoms with Crippen molar-refractivity contribution in [2.45, 2.75) is 37.1 Å². The molecule has 0 radical (unpaired) electrons. The fourth-order valence-corrected chi connectivity index (χ4v) is 3.52. The lowest BCUT2D eigenvalue weighted by molar-refractivity contribution is -0.156. The predicted molar refractivity (Wildman–Crippen MR) is 53.2 cm³/mol. The number of rotatable bonds is 3. The molecular weight excluding hydrogens is 202 g/mol. The van der Waals surface area contributed by atoms with Gasteiger partial charge >= 0.3 is 5.97 Å². The lowest BCUT2D eigenvalue weighted by Gasteiger charge is -2.37. The predicted octanol–water partition coefficient (Wildman–Crippen LogP) is 0.566. The second-order valence-corrected chi connectivity index (χ2v) is 5.19. The quantitative estimate of drug-likeness (QED) is 0.699. The molecule has 1 amide bonds. The fourth-order valence-electron chi connectivity index (χ4n) is 2.30. The Kier molecular flexibility index (Phi) is 2.43. The van der Waals surface area contributed by atoms with E-state index in [4.69, 9.17) is 5.11 Å². The average Bonchev–Trinajstić information content (AvgIpc) is 2.39. The maximum Gasteiger partial charge on any atom is 0.327 e. The highest BCUT2D eigenvalue weighted by molar-refractivity contribution is 7.99. The van der Waals surface area contributed by atoms with Gasteiger partial charge < -0.3 is 10.0 Å². The number of fused-ring (bicyclic) bond motifs is 1. The molecule has 2 aliphatic heterocycles. The van der Waals surface area contributed by atoms with Crippen LogP contribution in [0.4, 0.5) is 0 Å². The molecule has 2 heterocycles. The highest BCUT2D eigenvalue weighted by atomic mass is 32.2. The molecule has 0 saturated carbocycles. The van der Waals surface area contributed by atoms with E-state index in [1.807, 2.05) is 6.92 Å². The summed E-state index contributed by atoms with van der Waals surface area (Å²) in [6.45, 7) is 2.01. The Morgan fingerprint density at radius 2 is 2.43 bits per heavy atom. The molecule has 0 aromatic rings. The van der Waals surface area contributed by atoms with Gasteiger partial charge in [0.05, 0.1) is 0 Å². The number of nitrogens with zero attached hydrogens (tertiary/aromatic N) is 1. The molecule has 0 bridgehead atoms. The first-order valence-electron chi connectivity index (χ1n) is 4.80. The summed E-state index contributed by atoms with van der Waals surface area (Å²) in [6, 6.07) is -0.376. The standard InChI is InChI=1S/C9H13NO3S/c1-2-14-6-3-5-4-7(11)10(5)8(6)9(12)13/h5-6,8H,2-4H2,1H3,(H,12,13)/t5?,6-,8-/m0/s1. The van der Waals surface area contributed by atoms with Gasteiger partial charge in [-0.25, -0.2) is 4.79 Å². The van der Waals surface area contributed by atoms with Crippen LogP contribution in [0.5, 0.6) is 0 Å². The third-order valence-corrected chi connectivity index (χ3v) is 4.09. The van der Waals surface area contributed by atoms with Crippen LogP contribution in [0.1, 0.15) is 19.8 Å². The number of amides is 1. The monoisotopic (exact) mass is 215 g/mol. The third kappa shape index (κ3) is 1.30. The van der Waals surface area contributed by atoms with Gasteiger partial charge in [-0.05, 0) is 12.2 Å². The zero-order valence-electron chi connectivity index (χ0n) is 7.97. The SMILES string of the molecule is CCS[C@H]1CC2CC(=O)N2[C@@H]1C(=O)O. The van der Waals surface area contributed by atoms with Crippen LogP contribution in [-0.4, -0.2) is 45.0 Å². The highest BCUT2D eigenvalue weighted by Gasteiger charge is 2.53. The Balaban J connectivity index is 2.13. The molecule has 3 atom stereocenters. The van der Waals surface area contributed by atoms with Crippen molar-refractivity contribution in [3.05, 3.63) is 0 Å². The number of carboxylic acids is 1. The van der Waals surface area contributed by atoms with E-state index in [9.17, 15) is 9.59 Å². The minimum Gasteiger partial charge on any atom is -0.480 e. The largest absolute Gasteiger partial charge is 0.480 e. The van der Waals surface area contributed by atoms with Crippen LogP contribution < -0.4 is 0 Å². The van der Waals surface area contributed by atoms with Crippen LogP contribution in [0.15, 0.2) is 0 Å². The average molecular weight is 215 g/mol. The van der Waals surface area contributed by atoms with Crippen molar-refractivity contribution in [3.63, 3.8) is 0 Å². The van der Waals surface area contributed by atoms with E-state index in [0.29, 0.717) is 6.42 Å². The van der Waals surface area contributed by atoms with Crippen LogP contribution in [0.2, 0.25) is 0 Å². The molecule has 1 unspecified atom stereocenters. The molecule has 4 nitrogen and oxygen atoms in total. The second-order valence-electron chi connectivity index (χ2n) is 3.67. The molecule has 78 valence electrons. The number of hydrogen-bond acceptors (Lipinski definition) is 3. The summed E-state index contributed by atoms with van der Waals surface area (Å²) < 4.78 is 0. The molecule has 5 heteroatoms. The molecule has 14 heavy (non-hydrogen) atoms. The number of hydrogen-bond donors (Lipinski definition) is 1. The first-order valence-corrected chi connectivity index (χ1v) is 5.85. The number of carboxylic acid groups (broad SMARTS) is 1. The van der Waals surface area contributed by atoms with Gasteiger partial charge in [0.2, 0.25) is 5.91 Å². The highest BCUT2D eigenvalue weighted by Crippen LogP contribution is 2.40. The third-order valence-electron chi connectivity index (χ3n) is 2.88. The summed E-state index contributed by atoms with van der Waals surface area (Å²) in [7, 11) is 0. The first-order chi connectivity index (χ1) is 6.65. The van der Waals surface area contributed by atoms with Gasteiger partial charge in [0.25, 0.3) is 0 Å². The van der Waals surface area contributed by atoms with Crippen molar-refractivity contribution in [1.29, 1.82) is 0 Å². The Hall–Kier alpha value is -0.710. The summed E-state index contributed by atoms with van der Waals surface area (Å²) in [5.74, 6) is 0.0523. The van der Waals surface area contributed by atoms with Gasteiger partial charge in [-0.1, -0.05) is 6.92 Å². The van der Waals surface area contributed by atoms with Crippen LogP contribution in [0, 0.1) is 0 Å². The summed E-state index contributed by atoms with van der Waals surface area (Å²) >= 11 is 1.65. The molecule has 2 saturated heterocycles. The van der Waals surface area contributed by atoms with Crippen molar-refractivity contribution >= 4 is 23.6 Å². The first kappa shape index (κ1) is 9.83. The molecule has 0 spiro atoms. The minimum atomic E-state index is -0.855. The Labute approximate surface area is 86.6 Å². The van der Waals surface area contributed by atoms with Crippen molar-refractivity contribution in [2.75, 3.05) is 5.75 Å². The van der Waals surface area contributed by atoms with E-state index < -0.39 is 12.0 Å². The van der Waals surface area contributed by atoms with Crippen molar-refractivity contribution in [1.82, 2.24) is 4.90 Å². The van der Waals surface area contributed by atoms with Crippen LogP contribution >= 0.6 is 11.8 Å². The Morgan fingerprint density at radius 3 is 2.93 bits per heavy atom. The molecule has 2 fully saturated rings. The van der Waals surface area contributed by atoms with E-state index in [1.54, 1.807) is 16.7 Å². The van der Waals surface area contributed by atoms with Crippen LogP contribution in [-0.2, 0) is 9.59 Å². The molecule has 2 rings (SSSR count). The lowest BCUT2D eigenvalue weighted by Crippen LogP contribution is -2.55. The van der Waals surface area contributed by atoms with E-state index in [1.165, 1.54) is 0 Å². The zero-order valence-corrected chi connectivity index (χ0v) is 8.79. The lowest BCUT2D eigenvalue weighted by atomic mass is 10.0. The number of carbonyl (C=O) groups excluding carboxylic acids is 1.